The van der Waals surface area contributed by atoms with Gasteiger partial charge in [0.25, 0.3) is 0 Å². The molecule has 6 heteroatoms. The third-order valence-electron chi connectivity index (χ3n) is 1.48. The van der Waals surface area contributed by atoms with Crippen molar-refractivity contribution in [3.63, 3.8) is 0 Å². The number of hydrogen-bond acceptors (Lipinski definition) is 5. The third kappa shape index (κ3) is 3.64. The first-order chi connectivity index (χ1) is 6.92. The molecule has 0 aliphatic carbocycles. The van der Waals surface area contributed by atoms with Crippen molar-refractivity contribution in [3.05, 3.63) is 17.5 Å². The summed E-state index contributed by atoms with van der Waals surface area (Å²) in [6.45, 7) is 3.35. The van der Waals surface area contributed by atoms with Crippen LogP contribution in [0.25, 0.3) is 0 Å². The van der Waals surface area contributed by atoms with E-state index in [1.807, 2.05) is 0 Å². The molecule has 0 aliphatic rings. The first kappa shape index (κ1) is 12.2. The van der Waals surface area contributed by atoms with Gasteiger partial charge in [0.15, 0.2) is 15.6 Å². The van der Waals surface area contributed by atoms with Gasteiger partial charge in [-0.05, 0) is 25.3 Å². The van der Waals surface area contributed by atoms with Gasteiger partial charge in [0, 0.05) is 0 Å². The molecule has 84 valence electrons. The standard InChI is InChI=1S/C9H12O4S2/c1-7(2)13-8(10)6-15(11,12)9-4-3-5-14-9/h3-5,7H,6H2,1-2H3. The zero-order chi connectivity index (χ0) is 11.5. The summed E-state index contributed by atoms with van der Waals surface area (Å²) >= 11 is 1.09. The smallest absolute Gasteiger partial charge is 0.321 e. The molecule has 0 radical (unpaired) electrons. The van der Waals surface area contributed by atoms with Gasteiger partial charge >= 0.3 is 5.97 Å². The van der Waals surface area contributed by atoms with Gasteiger partial charge in [0.2, 0.25) is 0 Å². The quantitative estimate of drug-likeness (QED) is 0.757. The monoisotopic (exact) mass is 248 g/mol. The Hall–Kier alpha value is -0.880. The molecule has 0 spiro atoms. The van der Waals surface area contributed by atoms with E-state index in [2.05, 4.69) is 0 Å². The highest BCUT2D eigenvalue weighted by Gasteiger charge is 2.21. The van der Waals surface area contributed by atoms with Crippen molar-refractivity contribution < 1.29 is 17.9 Å². The summed E-state index contributed by atoms with van der Waals surface area (Å²) in [7, 11) is -3.52. The number of carbonyl (C=O) groups is 1. The summed E-state index contributed by atoms with van der Waals surface area (Å²) in [6, 6.07) is 3.11. The summed E-state index contributed by atoms with van der Waals surface area (Å²) in [5.74, 6) is -1.30. The highest BCUT2D eigenvalue weighted by molar-refractivity contribution is 7.94. The van der Waals surface area contributed by atoms with Crippen LogP contribution in [0.15, 0.2) is 21.7 Å². The zero-order valence-electron chi connectivity index (χ0n) is 8.47. The second-order valence-corrected chi connectivity index (χ2v) is 6.39. The van der Waals surface area contributed by atoms with Crippen molar-refractivity contribution in [2.75, 3.05) is 5.75 Å². The van der Waals surface area contributed by atoms with E-state index in [4.69, 9.17) is 4.74 Å². The lowest BCUT2D eigenvalue weighted by Crippen LogP contribution is -2.21. The Labute approximate surface area is 92.8 Å². The number of carbonyl (C=O) groups excluding carboxylic acids is 1. The maximum absolute atomic E-state index is 11.6. The highest BCUT2D eigenvalue weighted by atomic mass is 32.2. The van der Waals surface area contributed by atoms with Crippen molar-refractivity contribution in [2.24, 2.45) is 0 Å². The normalized spacial score (nSPS) is 11.7. The van der Waals surface area contributed by atoms with Crippen LogP contribution in [0.3, 0.4) is 0 Å². The van der Waals surface area contributed by atoms with Crippen LogP contribution in [0, 0.1) is 0 Å². The van der Waals surface area contributed by atoms with E-state index < -0.39 is 21.6 Å². The molecule has 0 aliphatic heterocycles. The number of hydrogen-bond donors (Lipinski definition) is 0. The Bertz CT molecular complexity index is 417. The van der Waals surface area contributed by atoms with E-state index in [9.17, 15) is 13.2 Å². The SMILES string of the molecule is CC(C)OC(=O)CS(=O)(=O)c1cccs1. The lowest BCUT2D eigenvalue weighted by atomic mass is 10.5. The first-order valence-electron chi connectivity index (χ1n) is 4.37. The summed E-state index contributed by atoms with van der Waals surface area (Å²) < 4.78 is 28.2. The van der Waals surface area contributed by atoms with Crippen LogP contribution in [-0.4, -0.2) is 26.2 Å². The lowest BCUT2D eigenvalue weighted by molar-refractivity contribution is -0.144. The van der Waals surface area contributed by atoms with Gasteiger partial charge in [-0.25, -0.2) is 8.42 Å². The average Bonchev–Trinajstić information content (AvgIpc) is 2.51. The van der Waals surface area contributed by atoms with Gasteiger partial charge in [0.1, 0.15) is 4.21 Å². The topological polar surface area (TPSA) is 60.4 Å². The second kappa shape index (κ2) is 4.76. The van der Waals surface area contributed by atoms with Crippen LogP contribution in [0.2, 0.25) is 0 Å². The molecular weight excluding hydrogens is 236 g/mol. The molecule has 0 amide bonds. The van der Waals surface area contributed by atoms with Crippen LogP contribution in [0.4, 0.5) is 0 Å². The van der Waals surface area contributed by atoms with Gasteiger partial charge in [0.05, 0.1) is 6.10 Å². The summed E-state index contributed by atoms with van der Waals surface area (Å²) in [5, 5.41) is 1.65. The molecule has 1 heterocycles. The maximum Gasteiger partial charge on any atom is 0.321 e. The Morgan fingerprint density at radius 2 is 2.20 bits per heavy atom. The molecule has 1 rings (SSSR count). The number of thiophene rings is 1. The van der Waals surface area contributed by atoms with Crippen LogP contribution < -0.4 is 0 Å². The Balaban J connectivity index is 2.70. The molecule has 0 aromatic carbocycles. The minimum Gasteiger partial charge on any atom is -0.462 e. The van der Waals surface area contributed by atoms with Crippen molar-refractivity contribution >= 4 is 27.1 Å². The van der Waals surface area contributed by atoms with Gasteiger partial charge in [-0.15, -0.1) is 11.3 Å². The molecule has 1 aromatic rings. The van der Waals surface area contributed by atoms with Crippen LogP contribution in [0.1, 0.15) is 13.8 Å². The lowest BCUT2D eigenvalue weighted by Gasteiger charge is -2.07. The van der Waals surface area contributed by atoms with E-state index in [1.165, 1.54) is 6.07 Å². The van der Waals surface area contributed by atoms with Crippen molar-refractivity contribution in [2.45, 2.75) is 24.2 Å². The Morgan fingerprint density at radius 3 is 2.67 bits per heavy atom. The molecule has 1 aromatic heterocycles. The van der Waals surface area contributed by atoms with Crippen molar-refractivity contribution in [1.29, 1.82) is 0 Å². The minimum atomic E-state index is -3.52. The molecule has 15 heavy (non-hydrogen) atoms. The summed E-state index contributed by atoms with van der Waals surface area (Å²) in [6.07, 6.45) is -0.295. The van der Waals surface area contributed by atoms with Crippen LogP contribution >= 0.6 is 11.3 Å². The first-order valence-corrected chi connectivity index (χ1v) is 6.91. The molecule has 0 bridgehead atoms. The van der Waals surface area contributed by atoms with E-state index in [1.54, 1.807) is 25.3 Å². The predicted octanol–water partition coefficient (Wildman–Crippen LogP) is 1.47. The van der Waals surface area contributed by atoms with Gasteiger partial charge in [-0.3, -0.25) is 4.79 Å². The Morgan fingerprint density at radius 1 is 1.53 bits per heavy atom. The number of ether oxygens (including phenoxy) is 1. The summed E-state index contributed by atoms with van der Waals surface area (Å²) in [4.78, 5) is 11.2. The average molecular weight is 248 g/mol. The molecule has 0 saturated carbocycles. The number of rotatable bonds is 4. The van der Waals surface area contributed by atoms with Crippen LogP contribution in [-0.2, 0) is 19.4 Å². The molecular formula is C9H12O4S2. The van der Waals surface area contributed by atoms with E-state index in [-0.39, 0.29) is 10.3 Å². The molecule has 4 nitrogen and oxygen atoms in total. The van der Waals surface area contributed by atoms with E-state index in [0.717, 1.165) is 11.3 Å². The molecule has 0 saturated heterocycles. The molecule has 0 fully saturated rings. The van der Waals surface area contributed by atoms with Gasteiger partial charge < -0.3 is 4.74 Å². The number of esters is 1. The Kier molecular flexibility index (Phi) is 3.87. The largest absolute Gasteiger partial charge is 0.462 e. The fourth-order valence-electron chi connectivity index (χ4n) is 0.964. The fraction of sp³-hybridized carbons (Fsp3) is 0.444. The van der Waals surface area contributed by atoms with Gasteiger partial charge in [-0.1, -0.05) is 6.07 Å². The molecule has 0 N–H and O–H groups in total. The zero-order valence-corrected chi connectivity index (χ0v) is 10.1. The number of sulfone groups is 1. The van der Waals surface area contributed by atoms with E-state index in [0.29, 0.717) is 0 Å². The highest BCUT2D eigenvalue weighted by Crippen LogP contribution is 2.17. The van der Waals surface area contributed by atoms with Crippen molar-refractivity contribution in [1.82, 2.24) is 0 Å². The summed E-state index contributed by atoms with van der Waals surface area (Å²) in [5.41, 5.74) is 0. The third-order valence-corrected chi connectivity index (χ3v) is 4.55. The maximum atomic E-state index is 11.6. The molecule has 0 unspecified atom stereocenters. The predicted molar refractivity (Wildman–Crippen MR) is 57.6 cm³/mol. The van der Waals surface area contributed by atoms with E-state index >= 15 is 0 Å². The minimum absolute atomic E-state index is 0.197. The van der Waals surface area contributed by atoms with Gasteiger partial charge in [-0.2, -0.15) is 0 Å². The second-order valence-electron chi connectivity index (χ2n) is 3.23. The molecule has 0 atom stereocenters. The fourth-order valence-corrected chi connectivity index (χ4v) is 3.15. The van der Waals surface area contributed by atoms with Crippen LogP contribution in [0.5, 0.6) is 0 Å². The van der Waals surface area contributed by atoms with Crippen molar-refractivity contribution in [3.8, 4) is 0 Å².